The first-order valence-corrected chi connectivity index (χ1v) is 7.96. The molecule has 0 saturated carbocycles. The van der Waals surface area contributed by atoms with Crippen LogP contribution in [0, 0.1) is 0 Å². The number of hydrogen-bond donors (Lipinski definition) is 2. The average Bonchev–Trinajstić information content (AvgIpc) is 2.91. The molecular weight excluding hydrogens is 296 g/mol. The number of rotatable bonds is 5. The Balaban J connectivity index is 1.87. The lowest BCUT2D eigenvalue weighted by Crippen LogP contribution is -2.40. The van der Waals surface area contributed by atoms with Gasteiger partial charge in [0.05, 0.1) is 5.75 Å². The fraction of sp³-hybridized carbons (Fsp3) is 0.333. The first kappa shape index (κ1) is 14.7. The summed E-state index contributed by atoms with van der Waals surface area (Å²) in [6.45, 7) is 2.49. The molecule has 0 radical (unpaired) electrons. The highest BCUT2D eigenvalue weighted by Crippen LogP contribution is 2.27. The molecule has 2 rings (SSSR count). The van der Waals surface area contributed by atoms with Gasteiger partial charge in [-0.15, -0.1) is 11.3 Å². The molecule has 0 saturated heterocycles. The van der Waals surface area contributed by atoms with Gasteiger partial charge in [0, 0.05) is 11.9 Å². The third-order valence-corrected chi connectivity index (χ3v) is 4.18. The second-order valence-electron chi connectivity index (χ2n) is 3.91. The van der Waals surface area contributed by atoms with E-state index in [0.717, 1.165) is 21.7 Å². The van der Waals surface area contributed by atoms with Gasteiger partial charge in [-0.1, -0.05) is 18.7 Å². The van der Waals surface area contributed by atoms with Crippen LogP contribution in [0.5, 0.6) is 0 Å². The topological polar surface area (TPSA) is 84.0 Å². The molecule has 0 spiro atoms. The van der Waals surface area contributed by atoms with Crippen molar-refractivity contribution in [3.05, 3.63) is 17.8 Å². The van der Waals surface area contributed by atoms with Crippen molar-refractivity contribution >= 4 is 45.3 Å². The van der Waals surface area contributed by atoms with Crippen molar-refractivity contribution < 1.29 is 9.59 Å². The molecule has 3 amide bonds. The van der Waals surface area contributed by atoms with E-state index < -0.39 is 6.03 Å². The number of hydrogen-bond acceptors (Lipinski definition) is 6. The fourth-order valence-electron chi connectivity index (χ4n) is 1.46. The zero-order chi connectivity index (χ0) is 14.4. The zero-order valence-corrected chi connectivity index (χ0v) is 12.5. The van der Waals surface area contributed by atoms with E-state index in [2.05, 4.69) is 20.6 Å². The Kier molecular flexibility index (Phi) is 5.31. The van der Waals surface area contributed by atoms with Gasteiger partial charge < -0.3 is 5.32 Å². The molecule has 0 fully saturated rings. The Labute approximate surface area is 124 Å². The minimum Gasteiger partial charge on any atom is -0.338 e. The molecule has 2 aromatic rings. The number of carbonyl (C=O) groups is 2. The largest absolute Gasteiger partial charge is 0.338 e. The molecule has 0 unspecified atom stereocenters. The van der Waals surface area contributed by atoms with Crippen LogP contribution < -0.4 is 10.6 Å². The van der Waals surface area contributed by atoms with Gasteiger partial charge in [0.2, 0.25) is 5.91 Å². The van der Waals surface area contributed by atoms with Crippen LogP contribution in [0.3, 0.4) is 0 Å². The minimum atomic E-state index is -0.458. The van der Waals surface area contributed by atoms with E-state index >= 15 is 0 Å². The Morgan fingerprint density at radius 1 is 1.40 bits per heavy atom. The van der Waals surface area contributed by atoms with Crippen LogP contribution in [0.25, 0.3) is 10.2 Å². The van der Waals surface area contributed by atoms with E-state index in [1.54, 1.807) is 0 Å². The smallest absolute Gasteiger partial charge is 0.321 e. The van der Waals surface area contributed by atoms with Crippen LogP contribution in [0.1, 0.15) is 13.3 Å². The van der Waals surface area contributed by atoms with Crippen LogP contribution in [0.4, 0.5) is 4.79 Å². The number of urea groups is 1. The van der Waals surface area contributed by atoms with E-state index in [9.17, 15) is 9.59 Å². The summed E-state index contributed by atoms with van der Waals surface area (Å²) in [7, 11) is 0. The first-order chi connectivity index (χ1) is 9.70. The maximum Gasteiger partial charge on any atom is 0.321 e. The molecule has 2 N–H and O–H groups in total. The highest BCUT2D eigenvalue weighted by molar-refractivity contribution is 8.00. The quantitative estimate of drug-likeness (QED) is 0.652. The molecule has 0 aromatic carbocycles. The summed E-state index contributed by atoms with van der Waals surface area (Å²) >= 11 is 2.82. The molecule has 106 valence electrons. The molecule has 2 heterocycles. The minimum absolute atomic E-state index is 0.140. The lowest BCUT2D eigenvalue weighted by Gasteiger charge is -2.05. The Hall–Kier alpha value is -1.67. The van der Waals surface area contributed by atoms with Gasteiger partial charge in [0.1, 0.15) is 16.2 Å². The maximum absolute atomic E-state index is 11.6. The Morgan fingerprint density at radius 3 is 3.05 bits per heavy atom. The van der Waals surface area contributed by atoms with Crippen molar-refractivity contribution in [2.75, 3.05) is 12.3 Å². The van der Waals surface area contributed by atoms with Gasteiger partial charge in [0.15, 0.2) is 0 Å². The van der Waals surface area contributed by atoms with E-state index in [4.69, 9.17) is 0 Å². The summed E-state index contributed by atoms with van der Waals surface area (Å²) < 4.78 is 0. The molecule has 8 heteroatoms. The summed E-state index contributed by atoms with van der Waals surface area (Å²) in [5.74, 6) is -0.202. The van der Waals surface area contributed by atoms with Crippen LogP contribution >= 0.6 is 23.1 Å². The third kappa shape index (κ3) is 3.91. The molecule has 0 bridgehead atoms. The summed E-state index contributed by atoms with van der Waals surface area (Å²) in [4.78, 5) is 32.1. The van der Waals surface area contributed by atoms with E-state index in [1.807, 2.05) is 18.4 Å². The van der Waals surface area contributed by atoms with Crippen molar-refractivity contribution in [1.82, 2.24) is 20.6 Å². The number of carbonyl (C=O) groups excluding carboxylic acids is 2. The van der Waals surface area contributed by atoms with E-state index in [0.29, 0.717) is 6.54 Å². The van der Waals surface area contributed by atoms with Crippen LogP contribution in [-0.2, 0) is 4.79 Å². The maximum atomic E-state index is 11.6. The highest BCUT2D eigenvalue weighted by atomic mass is 32.2. The summed E-state index contributed by atoms with van der Waals surface area (Å²) in [6, 6.07) is 1.47. The zero-order valence-electron chi connectivity index (χ0n) is 10.9. The second-order valence-corrected chi connectivity index (χ2v) is 5.77. The van der Waals surface area contributed by atoms with Crippen molar-refractivity contribution in [2.24, 2.45) is 0 Å². The van der Waals surface area contributed by atoms with Crippen molar-refractivity contribution in [1.29, 1.82) is 0 Å². The van der Waals surface area contributed by atoms with Gasteiger partial charge in [-0.3, -0.25) is 10.1 Å². The summed E-state index contributed by atoms with van der Waals surface area (Å²) in [5, 5.41) is 8.48. The predicted octanol–water partition coefficient (Wildman–Crippen LogP) is 2.02. The molecular formula is C12H14N4O2S2. The van der Waals surface area contributed by atoms with E-state index in [1.165, 1.54) is 29.4 Å². The molecule has 2 aromatic heterocycles. The monoisotopic (exact) mass is 310 g/mol. The SMILES string of the molecule is CCCNC(=O)NC(=O)CSc1ncnc2sccc12. The summed E-state index contributed by atoms with van der Waals surface area (Å²) in [5.41, 5.74) is 0. The number of imide groups is 1. The fourth-order valence-corrected chi connectivity index (χ4v) is 3.04. The number of fused-ring (bicyclic) bond motifs is 1. The van der Waals surface area contributed by atoms with Crippen molar-refractivity contribution in [3.63, 3.8) is 0 Å². The lowest BCUT2D eigenvalue weighted by molar-refractivity contribution is -0.117. The number of amides is 3. The van der Waals surface area contributed by atoms with Gasteiger partial charge in [-0.25, -0.2) is 14.8 Å². The Bertz CT molecular complexity index is 614. The molecule has 0 atom stereocenters. The number of thioether (sulfide) groups is 1. The normalized spacial score (nSPS) is 10.4. The number of thiophene rings is 1. The number of nitrogens with one attached hydrogen (secondary N) is 2. The van der Waals surface area contributed by atoms with Crippen LogP contribution in [-0.4, -0.2) is 34.2 Å². The van der Waals surface area contributed by atoms with Gasteiger partial charge in [0.25, 0.3) is 0 Å². The molecule has 0 aliphatic carbocycles. The highest BCUT2D eigenvalue weighted by Gasteiger charge is 2.10. The Morgan fingerprint density at radius 2 is 2.25 bits per heavy atom. The predicted molar refractivity (Wildman–Crippen MR) is 80.0 cm³/mol. The molecule has 20 heavy (non-hydrogen) atoms. The number of nitrogens with zero attached hydrogens (tertiary/aromatic N) is 2. The number of aromatic nitrogens is 2. The second kappa shape index (κ2) is 7.20. The first-order valence-electron chi connectivity index (χ1n) is 6.09. The molecule has 0 aliphatic heterocycles. The average molecular weight is 310 g/mol. The lowest BCUT2D eigenvalue weighted by atomic mass is 10.4. The summed E-state index contributed by atoms with van der Waals surface area (Å²) in [6.07, 6.45) is 2.31. The van der Waals surface area contributed by atoms with Crippen molar-refractivity contribution in [3.8, 4) is 0 Å². The van der Waals surface area contributed by atoms with Crippen LogP contribution in [0.2, 0.25) is 0 Å². The van der Waals surface area contributed by atoms with Gasteiger partial charge in [-0.05, 0) is 17.9 Å². The molecule has 0 aliphatic rings. The third-order valence-electron chi connectivity index (χ3n) is 2.35. The standard InChI is InChI=1S/C12H14N4O2S2/c1-2-4-13-12(18)16-9(17)6-20-11-8-3-5-19-10(8)14-7-15-11/h3,5,7H,2,4,6H2,1H3,(H2,13,16,17,18). The van der Waals surface area contributed by atoms with Crippen LogP contribution in [0.15, 0.2) is 22.8 Å². The van der Waals surface area contributed by atoms with Crippen molar-refractivity contribution in [2.45, 2.75) is 18.4 Å². The van der Waals surface area contributed by atoms with Gasteiger partial charge in [-0.2, -0.15) is 0 Å². The molecule has 6 nitrogen and oxygen atoms in total. The van der Waals surface area contributed by atoms with Gasteiger partial charge >= 0.3 is 6.03 Å². The van der Waals surface area contributed by atoms with E-state index in [-0.39, 0.29) is 11.7 Å².